The number of aromatic nitrogens is 3. The van der Waals surface area contributed by atoms with Crippen LogP contribution in [0.5, 0.6) is 6.01 Å². The quantitative estimate of drug-likeness (QED) is 0.759. The molecule has 1 rings (SSSR count). The van der Waals surface area contributed by atoms with Crippen molar-refractivity contribution < 1.29 is 4.74 Å². The topological polar surface area (TPSA) is 72.0 Å². The molecule has 0 bridgehead atoms. The number of ether oxygens (including phenoxy) is 1. The van der Waals surface area contributed by atoms with E-state index in [2.05, 4.69) is 38.8 Å². The lowest BCUT2D eigenvalue weighted by Gasteiger charge is -2.15. The van der Waals surface area contributed by atoms with Crippen LogP contribution in [0, 0.1) is 0 Å². The van der Waals surface area contributed by atoms with Gasteiger partial charge in [-0.05, 0) is 34.0 Å². The largest absolute Gasteiger partial charge is 0.461 e. The first-order valence-electron chi connectivity index (χ1n) is 6.47. The van der Waals surface area contributed by atoms with Gasteiger partial charge < -0.3 is 15.4 Å². The molecule has 19 heavy (non-hydrogen) atoms. The van der Waals surface area contributed by atoms with Crippen molar-refractivity contribution in [2.45, 2.75) is 39.8 Å². The predicted octanol–water partition coefficient (Wildman–Crippen LogP) is 2.25. The van der Waals surface area contributed by atoms with E-state index in [1.807, 2.05) is 20.8 Å². The lowest BCUT2D eigenvalue weighted by atomic mass is 10.4. The van der Waals surface area contributed by atoms with Crippen molar-refractivity contribution >= 4 is 23.7 Å². The molecule has 1 atom stereocenters. The first-order valence-corrected chi connectivity index (χ1v) is 7.86. The summed E-state index contributed by atoms with van der Waals surface area (Å²) >= 11 is 1.78. The van der Waals surface area contributed by atoms with Gasteiger partial charge in [-0.2, -0.15) is 26.7 Å². The number of nitrogens with one attached hydrogen (secondary N) is 2. The molecule has 1 aromatic heterocycles. The van der Waals surface area contributed by atoms with Gasteiger partial charge in [-0.25, -0.2) is 0 Å². The molecule has 0 aliphatic heterocycles. The highest BCUT2D eigenvalue weighted by atomic mass is 32.2. The number of hydrogen-bond acceptors (Lipinski definition) is 7. The van der Waals surface area contributed by atoms with E-state index in [-0.39, 0.29) is 6.10 Å². The molecule has 1 unspecified atom stereocenters. The summed E-state index contributed by atoms with van der Waals surface area (Å²) in [5.41, 5.74) is 0. The van der Waals surface area contributed by atoms with E-state index in [0.29, 0.717) is 23.9 Å². The van der Waals surface area contributed by atoms with Crippen molar-refractivity contribution in [3.63, 3.8) is 0 Å². The SMILES string of the molecule is CCNc1nc(NC(C)CSC)nc(OC(C)C)n1. The van der Waals surface area contributed by atoms with Gasteiger partial charge in [-0.1, -0.05) is 0 Å². The Labute approximate surface area is 119 Å². The zero-order valence-electron chi connectivity index (χ0n) is 12.2. The number of nitrogens with zero attached hydrogens (tertiary/aromatic N) is 3. The van der Waals surface area contributed by atoms with Gasteiger partial charge in [0.25, 0.3) is 0 Å². The van der Waals surface area contributed by atoms with E-state index >= 15 is 0 Å². The van der Waals surface area contributed by atoms with Crippen LogP contribution in [0.4, 0.5) is 11.9 Å². The molecule has 0 aliphatic rings. The number of rotatable bonds is 8. The molecular weight excluding hydrogens is 262 g/mol. The normalized spacial score (nSPS) is 12.3. The minimum absolute atomic E-state index is 0.0355. The average molecular weight is 285 g/mol. The van der Waals surface area contributed by atoms with Gasteiger partial charge in [0, 0.05) is 18.3 Å². The summed E-state index contributed by atoms with van der Waals surface area (Å²) in [4.78, 5) is 12.8. The maximum Gasteiger partial charge on any atom is 0.323 e. The van der Waals surface area contributed by atoms with Crippen LogP contribution in [-0.4, -0.2) is 45.7 Å². The Morgan fingerprint density at radius 3 is 2.42 bits per heavy atom. The van der Waals surface area contributed by atoms with Crippen LogP contribution in [0.25, 0.3) is 0 Å². The molecule has 6 nitrogen and oxygen atoms in total. The summed E-state index contributed by atoms with van der Waals surface area (Å²) in [5, 5.41) is 6.33. The maximum absolute atomic E-state index is 5.54. The standard InChI is InChI=1S/C12H23N5OS/c1-6-13-10-15-11(14-9(4)7-19-5)17-12(16-10)18-8(2)3/h8-9H,6-7H2,1-5H3,(H2,13,14,15,16,17). The van der Waals surface area contributed by atoms with Crippen molar-refractivity contribution in [1.82, 2.24) is 15.0 Å². The Bertz CT molecular complexity index is 388. The van der Waals surface area contributed by atoms with Gasteiger partial charge in [0.2, 0.25) is 11.9 Å². The van der Waals surface area contributed by atoms with Gasteiger partial charge in [0.05, 0.1) is 6.10 Å². The summed E-state index contributed by atoms with van der Waals surface area (Å²) in [6.07, 6.45) is 2.11. The zero-order chi connectivity index (χ0) is 14.3. The molecule has 0 fully saturated rings. The molecule has 0 amide bonds. The number of thioether (sulfide) groups is 1. The Hall–Kier alpha value is -1.24. The fourth-order valence-corrected chi connectivity index (χ4v) is 2.02. The van der Waals surface area contributed by atoms with E-state index in [1.165, 1.54) is 0 Å². The fourth-order valence-electron chi connectivity index (χ4n) is 1.43. The highest BCUT2D eigenvalue weighted by Crippen LogP contribution is 2.13. The van der Waals surface area contributed by atoms with Gasteiger partial charge >= 0.3 is 6.01 Å². The van der Waals surface area contributed by atoms with Crippen LogP contribution < -0.4 is 15.4 Å². The highest BCUT2D eigenvalue weighted by molar-refractivity contribution is 7.98. The minimum Gasteiger partial charge on any atom is -0.461 e. The van der Waals surface area contributed by atoms with Crippen molar-refractivity contribution in [2.75, 3.05) is 29.2 Å². The van der Waals surface area contributed by atoms with Gasteiger partial charge in [-0.3, -0.25) is 0 Å². The van der Waals surface area contributed by atoms with Crippen LogP contribution in [0.3, 0.4) is 0 Å². The van der Waals surface area contributed by atoms with Crippen LogP contribution >= 0.6 is 11.8 Å². The smallest absolute Gasteiger partial charge is 0.323 e. The molecule has 1 heterocycles. The molecule has 7 heteroatoms. The Balaban J connectivity index is 2.85. The van der Waals surface area contributed by atoms with Crippen molar-refractivity contribution in [3.8, 4) is 6.01 Å². The second-order valence-corrected chi connectivity index (χ2v) is 5.37. The monoisotopic (exact) mass is 285 g/mol. The first kappa shape index (κ1) is 15.8. The zero-order valence-corrected chi connectivity index (χ0v) is 13.0. The molecule has 0 spiro atoms. The fraction of sp³-hybridized carbons (Fsp3) is 0.750. The third kappa shape index (κ3) is 5.96. The Kier molecular flexibility index (Phi) is 6.69. The molecule has 1 aromatic rings. The summed E-state index contributed by atoms with van der Waals surface area (Å²) in [5.74, 6) is 2.07. The third-order valence-electron chi connectivity index (χ3n) is 2.08. The summed E-state index contributed by atoms with van der Waals surface area (Å²) in [7, 11) is 0. The van der Waals surface area contributed by atoms with Crippen molar-refractivity contribution in [3.05, 3.63) is 0 Å². The predicted molar refractivity (Wildman–Crippen MR) is 81.2 cm³/mol. The van der Waals surface area contributed by atoms with E-state index < -0.39 is 0 Å². The number of anilines is 2. The molecule has 0 aliphatic carbocycles. The van der Waals surface area contributed by atoms with Gasteiger partial charge in [-0.15, -0.1) is 0 Å². The van der Waals surface area contributed by atoms with Gasteiger partial charge in [0.15, 0.2) is 0 Å². The Morgan fingerprint density at radius 1 is 1.16 bits per heavy atom. The second-order valence-electron chi connectivity index (χ2n) is 4.46. The average Bonchev–Trinajstić information content (AvgIpc) is 2.28. The minimum atomic E-state index is 0.0355. The second kappa shape index (κ2) is 8.04. The van der Waals surface area contributed by atoms with Crippen LogP contribution in [0.15, 0.2) is 0 Å². The molecule has 2 N–H and O–H groups in total. The van der Waals surface area contributed by atoms with E-state index in [9.17, 15) is 0 Å². The molecule has 0 saturated carbocycles. The van der Waals surface area contributed by atoms with Crippen molar-refractivity contribution in [2.24, 2.45) is 0 Å². The van der Waals surface area contributed by atoms with Crippen LogP contribution in [0.2, 0.25) is 0 Å². The summed E-state index contributed by atoms with van der Waals surface area (Å²) < 4.78 is 5.54. The first-order chi connectivity index (χ1) is 9.05. The Morgan fingerprint density at radius 2 is 1.84 bits per heavy atom. The lowest BCUT2D eigenvalue weighted by Crippen LogP contribution is -2.21. The number of hydrogen-bond donors (Lipinski definition) is 2. The molecule has 108 valence electrons. The maximum atomic E-state index is 5.54. The van der Waals surface area contributed by atoms with Crippen LogP contribution in [-0.2, 0) is 0 Å². The molecule has 0 aromatic carbocycles. The summed E-state index contributed by atoms with van der Waals surface area (Å²) in [6, 6.07) is 0.638. The molecule has 0 saturated heterocycles. The third-order valence-corrected chi connectivity index (χ3v) is 2.92. The van der Waals surface area contributed by atoms with E-state index in [1.54, 1.807) is 11.8 Å². The van der Waals surface area contributed by atoms with Crippen molar-refractivity contribution in [1.29, 1.82) is 0 Å². The van der Waals surface area contributed by atoms with E-state index in [4.69, 9.17) is 4.74 Å². The van der Waals surface area contributed by atoms with Gasteiger partial charge in [0.1, 0.15) is 0 Å². The molecular formula is C12H23N5OS. The summed E-state index contributed by atoms with van der Waals surface area (Å²) in [6.45, 7) is 8.73. The van der Waals surface area contributed by atoms with E-state index in [0.717, 1.165) is 12.3 Å². The van der Waals surface area contributed by atoms with Crippen LogP contribution in [0.1, 0.15) is 27.7 Å². The lowest BCUT2D eigenvalue weighted by molar-refractivity contribution is 0.222. The molecule has 0 radical (unpaired) electrons. The highest BCUT2D eigenvalue weighted by Gasteiger charge is 2.10.